The van der Waals surface area contributed by atoms with Gasteiger partial charge in [0.1, 0.15) is 12.3 Å². The highest BCUT2D eigenvalue weighted by atomic mass is 16.5. The van der Waals surface area contributed by atoms with E-state index in [-0.39, 0.29) is 6.61 Å². The number of hydrogen-bond donors (Lipinski definition) is 0. The average Bonchev–Trinajstić information content (AvgIpc) is 3.24. The summed E-state index contributed by atoms with van der Waals surface area (Å²) < 4.78 is 10.6. The van der Waals surface area contributed by atoms with E-state index >= 15 is 0 Å². The molecule has 0 bridgehead atoms. The summed E-state index contributed by atoms with van der Waals surface area (Å²) in [6.45, 7) is 2.33. The van der Waals surface area contributed by atoms with E-state index in [9.17, 15) is 4.79 Å². The first-order valence-corrected chi connectivity index (χ1v) is 9.26. The second-order valence-electron chi connectivity index (χ2n) is 6.86. The van der Waals surface area contributed by atoms with Crippen molar-refractivity contribution in [1.82, 2.24) is 10.2 Å². The Morgan fingerprint density at radius 1 is 1.25 bits per heavy atom. The van der Waals surface area contributed by atoms with Crippen molar-refractivity contribution in [1.29, 1.82) is 0 Å². The normalized spacial score (nSPS) is 20.9. The molecule has 142 valence electrons. The number of aliphatic imine (C=N–C) groups is 1. The highest BCUT2D eigenvalue weighted by Gasteiger charge is 2.31. The molecule has 1 aliphatic carbocycles. The minimum Gasteiger partial charge on any atom is -0.474 e. The fourth-order valence-electron chi connectivity index (χ4n) is 3.31. The number of ether oxygens (including phenoxy) is 2. The van der Waals surface area contributed by atoms with Gasteiger partial charge in [0.15, 0.2) is 6.04 Å². The van der Waals surface area contributed by atoms with Crippen molar-refractivity contribution in [3.8, 4) is 11.3 Å². The maximum Gasteiger partial charge on any atom is 0.334 e. The van der Waals surface area contributed by atoms with E-state index in [1.54, 1.807) is 6.20 Å². The van der Waals surface area contributed by atoms with E-state index in [1.165, 1.54) is 7.11 Å². The zero-order valence-corrected chi connectivity index (χ0v) is 15.8. The Morgan fingerprint density at radius 3 is 2.79 bits per heavy atom. The van der Waals surface area contributed by atoms with E-state index in [0.29, 0.717) is 17.5 Å². The summed E-state index contributed by atoms with van der Waals surface area (Å²) in [6, 6.07) is 9.12. The number of hydrogen-bond acceptors (Lipinski definition) is 6. The van der Waals surface area contributed by atoms with Crippen molar-refractivity contribution in [3.63, 3.8) is 0 Å². The maximum absolute atomic E-state index is 11.9. The van der Waals surface area contributed by atoms with Crippen molar-refractivity contribution < 1.29 is 14.3 Å². The molecule has 0 spiro atoms. The predicted octanol–water partition coefficient (Wildman–Crippen LogP) is 3.44. The molecule has 4 rings (SSSR count). The molecule has 1 aromatic heterocycles. The van der Waals surface area contributed by atoms with E-state index < -0.39 is 12.0 Å². The topological polar surface area (TPSA) is 73.7 Å². The Balaban J connectivity index is 1.87. The summed E-state index contributed by atoms with van der Waals surface area (Å²) in [5, 5.41) is 8.61. The lowest BCUT2D eigenvalue weighted by atomic mass is 9.91. The smallest absolute Gasteiger partial charge is 0.334 e. The monoisotopic (exact) mass is 375 g/mol. The van der Waals surface area contributed by atoms with Crippen LogP contribution in [0.2, 0.25) is 0 Å². The molecule has 2 aromatic rings. The van der Waals surface area contributed by atoms with Crippen LogP contribution in [0.25, 0.3) is 16.8 Å². The van der Waals surface area contributed by atoms with E-state index in [2.05, 4.69) is 40.3 Å². The van der Waals surface area contributed by atoms with Crippen LogP contribution in [-0.2, 0) is 14.3 Å². The van der Waals surface area contributed by atoms with E-state index in [0.717, 1.165) is 28.7 Å². The number of esters is 1. The molecule has 2 unspecified atom stereocenters. The predicted molar refractivity (Wildman–Crippen MR) is 107 cm³/mol. The van der Waals surface area contributed by atoms with Gasteiger partial charge in [-0.1, -0.05) is 55.5 Å². The van der Waals surface area contributed by atoms with Crippen LogP contribution in [0.3, 0.4) is 0 Å². The molecule has 2 heterocycles. The largest absolute Gasteiger partial charge is 0.474 e. The number of allylic oxidation sites excluding steroid dienone is 4. The third-order valence-corrected chi connectivity index (χ3v) is 4.86. The van der Waals surface area contributed by atoms with Gasteiger partial charge in [-0.25, -0.2) is 9.79 Å². The van der Waals surface area contributed by atoms with Gasteiger partial charge >= 0.3 is 5.97 Å². The number of methoxy groups -OCH3 is 1. The lowest BCUT2D eigenvalue weighted by Gasteiger charge is -2.17. The fourth-order valence-corrected chi connectivity index (χ4v) is 3.31. The molecule has 6 nitrogen and oxygen atoms in total. The molecule has 6 heteroatoms. The molecular formula is C22H21N3O3. The highest BCUT2D eigenvalue weighted by molar-refractivity contribution is 6.06. The second kappa shape index (κ2) is 7.76. The first-order chi connectivity index (χ1) is 13.7. The fraction of sp³-hybridized carbons (Fsp3) is 0.273. The Hall–Kier alpha value is -3.28. The van der Waals surface area contributed by atoms with Crippen molar-refractivity contribution in [3.05, 3.63) is 65.9 Å². The molecule has 2 atom stereocenters. The van der Waals surface area contributed by atoms with Crippen molar-refractivity contribution in [2.45, 2.75) is 19.4 Å². The molecule has 0 amide bonds. The summed E-state index contributed by atoms with van der Waals surface area (Å²) in [5.41, 5.74) is 4.27. The number of carbonyl (C=O) groups is 1. The molecule has 0 fully saturated rings. The molecule has 0 radical (unpaired) electrons. The summed E-state index contributed by atoms with van der Waals surface area (Å²) in [6.07, 6.45) is 9.14. The van der Waals surface area contributed by atoms with Crippen LogP contribution >= 0.6 is 0 Å². The van der Waals surface area contributed by atoms with Crippen molar-refractivity contribution >= 4 is 17.4 Å². The lowest BCUT2D eigenvalue weighted by Crippen LogP contribution is -2.21. The summed E-state index contributed by atoms with van der Waals surface area (Å²) in [7, 11) is 1.35. The van der Waals surface area contributed by atoms with Gasteiger partial charge in [0.05, 0.1) is 18.9 Å². The molecule has 2 aliphatic rings. The van der Waals surface area contributed by atoms with Crippen molar-refractivity contribution in [2.24, 2.45) is 10.9 Å². The second-order valence-corrected chi connectivity index (χ2v) is 6.86. The van der Waals surface area contributed by atoms with Crippen LogP contribution in [0.1, 0.15) is 24.5 Å². The van der Waals surface area contributed by atoms with Gasteiger partial charge in [0.2, 0.25) is 5.90 Å². The Labute approximate surface area is 163 Å². The van der Waals surface area contributed by atoms with Crippen molar-refractivity contribution in [2.75, 3.05) is 13.7 Å². The van der Waals surface area contributed by atoms with Gasteiger partial charge in [-0.3, -0.25) is 0 Å². The number of rotatable bonds is 4. The third-order valence-electron chi connectivity index (χ3n) is 4.86. The minimum absolute atomic E-state index is 0.157. The van der Waals surface area contributed by atoms with Crippen LogP contribution in [0, 0.1) is 5.92 Å². The standard InChI is InChI=1S/C22H21N3O3/c1-14-8-10-15(11-9-14)17-12-23-25-20(16-6-4-3-5-7-16)19(17)21-24-18(13-28-21)22(26)27-2/h3-8,10-12,14,18H,9,13H2,1-2H3. The van der Waals surface area contributed by atoms with Crippen LogP contribution in [0.4, 0.5) is 0 Å². The molecule has 1 aliphatic heterocycles. The molecule has 0 saturated heterocycles. The van der Waals surface area contributed by atoms with Gasteiger partial charge in [0.25, 0.3) is 0 Å². The number of carbonyl (C=O) groups excluding carboxylic acids is 1. The van der Waals surface area contributed by atoms with Gasteiger partial charge < -0.3 is 9.47 Å². The maximum atomic E-state index is 11.9. The SMILES string of the molecule is COC(=O)C1COC(c2c(C3=CCC(C)C=C3)cnnc2-c2ccccc2)=N1. The van der Waals surface area contributed by atoms with Gasteiger partial charge in [-0.05, 0) is 17.9 Å². The van der Waals surface area contributed by atoms with Crippen LogP contribution in [0.15, 0.2) is 59.7 Å². The lowest BCUT2D eigenvalue weighted by molar-refractivity contribution is -0.142. The summed E-state index contributed by atoms with van der Waals surface area (Å²) >= 11 is 0. The van der Waals surface area contributed by atoms with E-state index in [4.69, 9.17) is 9.47 Å². The minimum atomic E-state index is -0.666. The van der Waals surface area contributed by atoms with Crippen LogP contribution in [0.5, 0.6) is 0 Å². The highest BCUT2D eigenvalue weighted by Crippen LogP contribution is 2.32. The number of aromatic nitrogens is 2. The van der Waals surface area contributed by atoms with E-state index in [1.807, 2.05) is 30.3 Å². The Bertz CT molecular complexity index is 980. The third kappa shape index (κ3) is 3.45. The molecule has 0 saturated carbocycles. The van der Waals surface area contributed by atoms with Gasteiger partial charge in [-0.2, -0.15) is 5.10 Å². The number of nitrogens with zero attached hydrogens (tertiary/aromatic N) is 3. The zero-order valence-electron chi connectivity index (χ0n) is 15.8. The molecule has 28 heavy (non-hydrogen) atoms. The quantitative estimate of drug-likeness (QED) is 0.766. The first-order valence-electron chi connectivity index (χ1n) is 9.26. The first kappa shape index (κ1) is 18.1. The van der Waals surface area contributed by atoms with Crippen LogP contribution < -0.4 is 0 Å². The van der Waals surface area contributed by atoms with Gasteiger partial charge in [-0.15, -0.1) is 5.10 Å². The summed E-state index contributed by atoms with van der Waals surface area (Å²) in [5.74, 6) is 0.483. The van der Waals surface area contributed by atoms with Gasteiger partial charge in [0, 0.05) is 11.1 Å². The Kier molecular flexibility index (Phi) is 5.02. The zero-order chi connectivity index (χ0) is 19.5. The Morgan fingerprint density at radius 2 is 2.07 bits per heavy atom. The number of benzene rings is 1. The average molecular weight is 375 g/mol. The molecule has 1 aromatic carbocycles. The molecule has 0 N–H and O–H groups in total. The van der Waals surface area contributed by atoms with Crippen LogP contribution in [-0.4, -0.2) is 41.8 Å². The molecular weight excluding hydrogens is 354 g/mol. The summed E-state index contributed by atoms with van der Waals surface area (Å²) in [4.78, 5) is 16.4.